The van der Waals surface area contributed by atoms with E-state index in [2.05, 4.69) is 225 Å². The normalized spacial score (nSPS) is 11.5. The number of para-hydroxylation sites is 3. The van der Waals surface area contributed by atoms with Gasteiger partial charge in [0, 0.05) is 33.9 Å². The molecule has 0 aliphatic heterocycles. The second kappa shape index (κ2) is 19.1. The highest BCUT2D eigenvalue weighted by Crippen LogP contribution is 2.46. The number of rotatable bonds is 11. The van der Waals surface area contributed by atoms with E-state index in [4.69, 9.17) is 9.97 Å². The van der Waals surface area contributed by atoms with Crippen LogP contribution in [0.3, 0.4) is 0 Å². The van der Waals surface area contributed by atoms with Gasteiger partial charge in [-0.25, -0.2) is 4.98 Å². The van der Waals surface area contributed by atoms with E-state index in [9.17, 15) is 5.11 Å². The Morgan fingerprint density at radius 3 is 1.58 bits per heavy atom. The highest BCUT2D eigenvalue weighted by atomic mass is 16.3. The van der Waals surface area contributed by atoms with Crippen LogP contribution in [0.1, 0.15) is 25.0 Å². The Morgan fingerprint density at radius 2 is 0.863 bits per heavy atom. The molecule has 73 heavy (non-hydrogen) atoms. The molecule has 0 atom stereocenters. The molecule has 2 heterocycles. The zero-order valence-electron chi connectivity index (χ0n) is 40.7. The third-order valence-electron chi connectivity index (χ3n) is 14.3. The summed E-state index contributed by atoms with van der Waals surface area (Å²) < 4.78 is 2.22. The summed E-state index contributed by atoms with van der Waals surface area (Å²) in [7, 11) is 0. The van der Waals surface area contributed by atoms with Gasteiger partial charge in [-0.3, -0.25) is 9.55 Å². The van der Waals surface area contributed by atoms with Crippen LogP contribution in [0.15, 0.2) is 267 Å². The molecule has 0 bridgehead atoms. The fourth-order valence-corrected chi connectivity index (χ4v) is 10.4. The minimum Gasteiger partial charge on any atom is -0.507 e. The topological polar surface area (TPSA) is 50.9 Å². The summed E-state index contributed by atoms with van der Waals surface area (Å²) in [5.74, 6) is 0.796. The van der Waals surface area contributed by atoms with Crippen LogP contribution in [0.25, 0.3) is 106 Å². The number of benzene rings is 10. The molecule has 4 nitrogen and oxygen atoms in total. The third kappa shape index (κ3) is 8.49. The van der Waals surface area contributed by atoms with Gasteiger partial charge < -0.3 is 5.11 Å². The first-order valence-electron chi connectivity index (χ1n) is 24.9. The largest absolute Gasteiger partial charge is 0.507 e. The fourth-order valence-electron chi connectivity index (χ4n) is 10.4. The first kappa shape index (κ1) is 44.8. The SMILES string of the molecule is CC(C)(c1ccccc1)c1ccc(-c2ccnc(-c3cc(-c4ccccc4)cc(-c4cccc5c4nc(-c4cccc(-c6ccccc6-c6ccccc6)c4O)n5-c4ccccc4-c4ccccc4)c3)c2)cc1. The number of phenolic OH excluding ortho intramolecular Hbond substituents is 1. The number of hydrogen-bond donors (Lipinski definition) is 1. The quantitative estimate of drug-likeness (QED) is 0.141. The van der Waals surface area contributed by atoms with Crippen LogP contribution in [-0.4, -0.2) is 19.6 Å². The molecule has 0 radical (unpaired) electrons. The van der Waals surface area contributed by atoms with Crippen molar-refractivity contribution in [2.45, 2.75) is 19.3 Å². The summed E-state index contributed by atoms with van der Waals surface area (Å²) in [4.78, 5) is 10.7. The standard InChI is InChI=1S/C69H51N3O/c1-69(2,55-27-13-6-14-28-55)56-39-37-48(38-40-56)51-41-42-70-63(46-51)54-44-52(47-21-7-3-8-22-47)43-53(45-54)59-32-20-36-65-66(59)71-68(72(65)64-35-18-17-30-58(64)50-25-11-5-12-26-50)62-34-19-33-61(67(62)73)60-31-16-15-29-57(60)49-23-9-4-10-24-49/h3-46,73H,1-2H3. The summed E-state index contributed by atoms with van der Waals surface area (Å²) in [6.07, 6.45) is 1.92. The first-order chi connectivity index (χ1) is 35.9. The second-order valence-electron chi connectivity index (χ2n) is 19.1. The smallest absolute Gasteiger partial charge is 0.149 e. The lowest BCUT2D eigenvalue weighted by molar-refractivity contribution is 0.479. The molecular formula is C69H51N3O. The third-order valence-corrected chi connectivity index (χ3v) is 14.3. The number of hydrogen-bond acceptors (Lipinski definition) is 3. The molecular weight excluding hydrogens is 887 g/mol. The lowest BCUT2D eigenvalue weighted by Crippen LogP contribution is -2.18. The molecule has 0 aliphatic carbocycles. The summed E-state index contributed by atoms with van der Waals surface area (Å²) in [5.41, 5.74) is 19.9. The van der Waals surface area contributed by atoms with Gasteiger partial charge in [-0.05, 0) is 110 Å². The van der Waals surface area contributed by atoms with Crippen LogP contribution in [-0.2, 0) is 5.41 Å². The van der Waals surface area contributed by atoms with E-state index < -0.39 is 0 Å². The van der Waals surface area contributed by atoms with Crippen LogP contribution >= 0.6 is 0 Å². The van der Waals surface area contributed by atoms with Crippen molar-refractivity contribution in [1.82, 2.24) is 14.5 Å². The van der Waals surface area contributed by atoms with Crippen molar-refractivity contribution in [3.05, 3.63) is 278 Å². The predicted octanol–water partition coefficient (Wildman–Crippen LogP) is 17.8. The Morgan fingerprint density at radius 1 is 0.356 bits per heavy atom. The van der Waals surface area contributed by atoms with Crippen molar-refractivity contribution in [2.24, 2.45) is 0 Å². The number of imidazole rings is 1. The van der Waals surface area contributed by atoms with E-state index in [0.717, 1.165) is 94.7 Å². The zero-order chi connectivity index (χ0) is 49.3. The maximum absolute atomic E-state index is 12.7. The number of phenols is 1. The first-order valence-corrected chi connectivity index (χ1v) is 24.9. The van der Waals surface area contributed by atoms with Gasteiger partial charge in [-0.15, -0.1) is 0 Å². The zero-order valence-corrected chi connectivity index (χ0v) is 40.7. The van der Waals surface area contributed by atoms with Gasteiger partial charge in [-0.2, -0.15) is 0 Å². The minimum absolute atomic E-state index is 0.138. The molecule has 0 unspecified atom stereocenters. The Balaban J connectivity index is 1.03. The van der Waals surface area contributed by atoms with Crippen LogP contribution in [0.5, 0.6) is 5.75 Å². The van der Waals surface area contributed by atoms with Gasteiger partial charge >= 0.3 is 0 Å². The highest BCUT2D eigenvalue weighted by Gasteiger charge is 2.25. The molecule has 1 N–H and O–H groups in total. The van der Waals surface area contributed by atoms with Crippen LogP contribution < -0.4 is 0 Å². The molecule has 4 heteroatoms. The second-order valence-corrected chi connectivity index (χ2v) is 19.1. The Labute approximate surface area is 426 Å². The van der Waals surface area contributed by atoms with Gasteiger partial charge in [0.05, 0.1) is 28.0 Å². The van der Waals surface area contributed by atoms with E-state index in [-0.39, 0.29) is 11.2 Å². The monoisotopic (exact) mass is 937 g/mol. The fraction of sp³-hybridized carbons (Fsp3) is 0.0435. The molecule has 348 valence electrons. The van der Waals surface area contributed by atoms with Gasteiger partial charge in [0.2, 0.25) is 0 Å². The van der Waals surface area contributed by atoms with Crippen LogP contribution in [0, 0.1) is 0 Å². The van der Waals surface area contributed by atoms with E-state index in [1.807, 2.05) is 60.8 Å². The van der Waals surface area contributed by atoms with Crippen LogP contribution in [0.4, 0.5) is 0 Å². The molecule has 0 amide bonds. The van der Waals surface area contributed by atoms with E-state index in [1.54, 1.807) is 0 Å². The molecule has 2 aromatic heterocycles. The van der Waals surface area contributed by atoms with E-state index >= 15 is 0 Å². The van der Waals surface area contributed by atoms with Crippen LogP contribution in [0.2, 0.25) is 0 Å². The van der Waals surface area contributed by atoms with Gasteiger partial charge in [0.1, 0.15) is 11.6 Å². The number of nitrogens with zero attached hydrogens (tertiary/aromatic N) is 3. The Kier molecular flexibility index (Phi) is 11.7. The Bertz CT molecular complexity index is 3920. The molecule has 10 aromatic carbocycles. The average molecular weight is 938 g/mol. The molecule has 0 saturated heterocycles. The minimum atomic E-state index is -0.138. The maximum atomic E-state index is 12.7. The maximum Gasteiger partial charge on any atom is 0.149 e. The predicted molar refractivity (Wildman–Crippen MR) is 303 cm³/mol. The molecule has 0 fully saturated rings. The summed E-state index contributed by atoms with van der Waals surface area (Å²) in [6, 6.07) is 91.2. The number of aromatic hydroxyl groups is 1. The molecule has 0 saturated carbocycles. The lowest BCUT2D eigenvalue weighted by atomic mass is 9.78. The summed E-state index contributed by atoms with van der Waals surface area (Å²) >= 11 is 0. The number of pyridine rings is 1. The average Bonchev–Trinajstić information content (AvgIpc) is 3.86. The van der Waals surface area contributed by atoms with Crippen molar-refractivity contribution in [3.8, 4) is 101 Å². The van der Waals surface area contributed by atoms with Gasteiger partial charge in [0.25, 0.3) is 0 Å². The molecule has 12 aromatic rings. The van der Waals surface area contributed by atoms with Crippen molar-refractivity contribution in [3.63, 3.8) is 0 Å². The number of fused-ring (bicyclic) bond motifs is 1. The van der Waals surface area contributed by atoms with Crippen molar-refractivity contribution < 1.29 is 5.11 Å². The molecule has 12 rings (SSSR count). The van der Waals surface area contributed by atoms with Crippen molar-refractivity contribution in [2.75, 3.05) is 0 Å². The number of aromatic nitrogens is 3. The van der Waals surface area contributed by atoms with E-state index in [1.165, 1.54) is 11.1 Å². The van der Waals surface area contributed by atoms with Crippen molar-refractivity contribution >= 4 is 11.0 Å². The Hall–Kier alpha value is -9.38. The molecule has 0 spiro atoms. The molecule has 0 aliphatic rings. The summed E-state index contributed by atoms with van der Waals surface area (Å²) in [5, 5.41) is 12.7. The summed E-state index contributed by atoms with van der Waals surface area (Å²) in [6.45, 7) is 4.56. The van der Waals surface area contributed by atoms with Gasteiger partial charge in [-0.1, -0.05) is 226 Å². The van der Waals surface area contributed by atoms with Gasteiger partial charge in [0.15, 0.2) is 0 Å². The van der Waals surface area contributed by atoms with E-state index in [0.29, 0.717) is 11.4 Å². The highest BCUT2D eigenvalue weighted by molar-refractivity contribution is 5.99. The lowest BCUT2D eigenvalue weighted by Gasteiger charge is -2.26. The van der Waals surface area contributed by atoms with Crippen molar-refractivity contribution in [1.29, 1.82) is 0 Å².